The van der Waals surface area contributed by atoms with Crippen molar-refractivity contribution < 1.29 is 32.3 Å². The minimum atomic E-state index is -3.49. The summed E-state index contributed by atoms with van der Waals surface area (Å²) in [7, 11) is -3.49. The largest absolute Gasteiger partial charge is 0.465 e. The molecule has 0 spiro atoms. The Balaban J connectivity index is 1.53. The van der Waals surface area contributed by atoms with Crippen molar-refractivity contribution >= 4 is 27.9 Å². The van der Waals surface area contributed by atoms with E-state index in [9.17, 15) is 22.8 Å². The first kappa shape index (κ1) is 31.7. The molecule has 2 fully saturated rings. The van der Waals surface area contributed by atoms with E-state index in [2.05, 4.69) is 5.32 Å². The zero-order chi connectivity index (χ0) is 30.3. The van der Waals surface area contributed by atoms with Crippen LogP contribution < -0.4 is 5.32 Å². The molecular formula is C31H41N3O7S. The molecular weight excluding hydrogens is 558 g/mol. The summed E-state index contributed by atoms with van der Waals surface area (Å²) in [4.78, 5) is 41.8. The Hall–Kier alpha value is -3.28. The molecule has 0 aliphatic carbocycles. The number of ether oxygens (including phenoxy) is 2. The molecule has 2 saturated heterocycles. The van der Waals surface area contributed by atoms with E-state index in [0.29, 0.717) is 32.2 Å². The molecule has 2 aliphatic heterocycles. The van der Waals surface area contributed by atoms with Crippen LogP contribution in [0.4, 0.5) is 0 Å². The van der Waals surface area contributed by atoms with Crippen LogP contribution in [0.2, 0.25) is 0 Å². The third-order valence-corrected chi connectivity index (χ3v) is 9.35. The highest BCUT2D eigenvalue weighted by Gasteiger charge is 2.51. The molecule has 10 nitrogen and oxygen atoms in total. The van der Waals surface area contributed by atoms with E-state index in [1.54, 1.807) is 13.8 Å². The van der Waals surface area contributed by atoms with Gasteiger partial charge in [0, 0.05) is 19.1 Å². The van der Waals surface area contributed by atoms with Crippen molar-refractivity contribution in [2.24, 2.45) is 5.92 Å². The first-order chi connectivity index (χ1) is 20.1. The first-order valence-corrected chi connectivity index (χ1v) is 16.4. The van der Waals surface area contributed by atoms with Crippen LogP contribution in [0.3, 0.4) is 0 Å². The van der Waals surface area contributed by atoms with Gasteiger partial charge in [0.2, 0.25) is 15.9 Å². The molecule has 0 aromatic heterocycles. The third kappa shape index (κ3) is 7.96. The zero-order valence-electron chi connectivity index (χ0n) is 24.5. The summed E-state index contributed by atoms with van der Waals surface area (Å²) in [6.45, 7) is 4.12. The van der Waals surface area contributed by atoms with Crippen molar-refractivity contribution in [2.75, 3.05) is 26.0 Å². The number of nitrogens with one attached hydrogen (secondary N) is 1. The number of likely N-dealkylation sites (tertiary alicyclic amines) is 1. The van der Waals surface area contributed by atoms with Gasteiger partial charge in [-0.25, -0.2) is 17.5 Å². The number of fused-ring (bicyclic) bond motifs is 1. The molecule has 2 heterocycles. The number of sulfonamides is 1. The summed E-state index contributed by atoms with van der Waals surface area (Å²) in [5.74, 6) is -1.40. The second kappa shape index (κ2) is 14.3. The van der Waals surface area contributed by atoms with Gasteiger partial charge in [0.1, 0.15) is 18.7 Å². The summed E-state index contributed by atoms with van der Waals surface area (Å²) in [6.07, 6.45) is 3.10. The van der Waals surface area contributed by atoms with E-state index in [0.717, 1.165) is 17.4 Å². The molecule has 4 rings (SSSR count). The molecule has 1 N–H and O–H groups in total. The van der Waals surface area contributed by atoms with Crippen molar-refractivity contribution in [2.45, 2.75) is 70.3 Å². The van der Waals surface area contributed by atoms with Gasteiger partial charge < -0.3 is 14.4 Å². The zero-order valence-corrected chi connectivity index (χ0v) is 25.3. The lowest BCUT2D eigenvalue weighted by atomic mass is 9.92. The maximum atomic E-state index is 14.1. The van der Waals surface area contributed by atoms with Crippen LogP contribution >= 0.6 is 0 Å². The number of piperidine rings is 1. The van der Waals surface area contributed by atoms with Gasteiger partial charge in [0.15, 0.2) is 0 Å². The second-order valence-electron chi connectivity index (χ2n) is 11.0. The summed E-state index contributed by atoms with van der Waals surface area (Å²) in [5.41, 5.74) is 1.88. The predicted molar refractivity (Wildman–Crippen MR) is 158 cm³/mol. The molecule has 0 unspecified atom stereocenters. The van der Waals surface area contributed by atoms with Gasteiger partial charge in [-0.1, -0.05) is 60.7 Å². The number of carbonyl (C=O) groups excluding carboxylic acids is 3. The minimum absolute atomic E-state index is 0.0487. The number of benzene rings is 2. The van der Waals surface area contributed by atoms with Crippen LogP contribution in [0.1, 0.15) is 44.2 Å². The van der Waals surface area contributed by atoms with Crippen LogP contribution in [0, 0.1) is 5.92 Å². The quantitative estimate of drug-likeness (QED) is 0.370. The van der Waals surface area contributed by atoms with E-state index >= 15 is 0 Å². The highest BCUT2D eigenvalue weighted by Crippen LogP contribution is 2.37. The highest BCUT2D eigenvalue weighted by atomic mass is 32.2. The molecule has 42 heavy (non-hydrogen) atoms. The normalized spacial score (nSPS) is 22.2. The van der Waals surface area contributed by atoms with Crippen molar-refractivity contribution in [3.63, 3.8) is 0 Å². The lowest BCUT2D eigenvalue weighted by Gasteiger charge is -2.39. The van der Waals surface area contributed by atoms with Crippen molar-refractivity contribution in [3.05, 3.63) is 71.8 Å². The second-order valence-corrected chi connectivity index (χ2v) is 13.0. The summed E-state index contributed by atoms with van der Waals surface area (Å²) < 4.78 is 37.1. The Labute approximate surface area is 248 Å². The average molecular weight is 600 g/mol. The van der Waals surface area contributed by atoms with Crippen molar-refractivity contribution in [1.29, 1.82) is 0 Å². The highest BCUT2D eigenvalue weighted by molar-refractivity contribution is 7.88. The fourth-order valence-corrected chi connectivity index (χ4v) is 6.75. The fraction of sp³-hybridized carbons (Fsp3) is 0.516. The Morgan fingerprint density at radius 1 is 1.00 bits per heavy atom. The van der Waals surface area contributed by atoms with Gasteiger partial charge in [0.25, 0.3) is 0 Å². The average Bonchev–Trinajstić information content (AvgIpc) is 3.37. The van der Waals surface area contributed by atoms with Crippen LogP contribution in [0.15, 0.2) is 60.7 Å². The number of rotatable bonds is 12. The van der Waals surface area contributed by atoms with Gasteiger partial charge in [-0.15, -0.1) is 0 Å². The molecule has 1 amide bonds. The number of aryl methyl sites for hydroxylation is 1. The van der Waals surface area contributed by atoms with Crippen LogP contribution in [0.5, 0.6) is 0 Å². The number of amides is 1. The SMILES string of the molecule is CCOC(=O)[C@H](CCc1ccccc1)N[C@H](C)C(=O)N1[C@@H]2CN(S(C)(=O)=O)CC[C@@H]2C[C@H]1C(=O)OCc1ccccc1. The molecule has 0 radical (unpaired) electrons. The lowest BCUT2D eigenvalue weighted by Crippen LogP contribution is -2.58. The number of carbonyl (C=O) groups is 3. The molecule has 2 aromatic carbocycles. The molecule has 0 bridgehead atoms. The molecule has 11 heteroatoms. The van der Waals surface area contributed by atoms with Crippen molar-refractivity contribution in [1.82, 2.24) is 14.5 Å². The summed E-state index contributed by atoms with van der Waals surface area (Å²) in [5, 5.41) is 3.15. The Bertz CT molecular complexity index is 1320. The maximum absolute atomic E-state index is 14.1. The Morgan fingerprint density at radius 3 is 2.26 bits per heavy atom. The number of hydrogen-bond acceptors (Lipinski definition) is 8. The molecule has 2 aliphatic rings. The van der Waals surface area contributed by atoms with Crippen molar-refractivity contribution in [3.8, 4) is 0 Å². The maximum Gasteiger partial charge on any atom is 0.329 e. The van der Waals surface area contributed by atoms with Crippen LogP contribution in [0.25, 0.3) is 0 Å². The summed E-state index contributed by atoms with van der Waals surface area (Å²) in [6, 6.07) is 16.1. The van der Waals surface area contributed by atoms with E-state index in [4.69, 9.17) is 9.47 Å². The number of nitrogens with zero attached hydrogens (tertiary/aromatic N) is 2. The standard InChI is InChI=1S/C31H41N3O7S/c1-4-40-30(36)26(16-15-23-11-7-5-8-12-23)32-22(2)29(35)34-27(31(37)41-21-24-13-9-6-10-14-24)19-25-17-18-33(20-28(25)34)42(3,38)39/h5-14,22,25-28,32H,4,15-21H2,1-3H3/t22-,25-,26+,27+,28-/m1/s1. The van der Waals surface area contributed by atoms with E-state index in [1.807, 2.05) is 60.7 Å². The van der Waals surface area contributed by atoms with Gasteiger partial charge in [0.05, 0.1) is 18.9 Å². The van der Waals surface area contributed by atoms with Gasteiger partial charge in [-0.3, -0.25) is 14.9 Å². The van der Waals surface area contributed by atoms with E-state index < -0.39 is 46.1 Å². The lowest BCUT2D eigenvalue weighted by molar-refractivity contribution is -0.157. The number of esters is 2. The number of hydrogen-bond donors (Lipinski definition) is 1. The fourth-order valence-electron chi connectivity index (χ4n) is 5.89. The monoisotopic (exact) mass is 599 g/mol. The van der Waals surface area contributed by atoms with E-state index in [1.165, 1.54) is 9.21 Å². The third-order valence-electron chi connectivity index (χ3n) is 8.08. The Kier molecular flexibility index (Phi) is 10.7. The molecule has 228 valence electrons. The van der Waals surface area contributed by atoms with Crippen LogP contribution in [-0.4, -0.2) is 85.6 Å². The first-order valence-electron chi connectivity index (χ1n) is 14.5. The van der Waals surface area contributed by atoms with Gasteiger partial charge in [-0.2, -0.15) is 0 Å². The molecule has 2 aromatic rings. The topological polar surface area (TPSA) is 122 Å². The Morgan fingerprint density at radius 2 is 1.64 bits per heavy atom. The van der Waals surface area contributed by atoms with Gasteiger partial charge in [-0.05, 0) is 56.6 Å². The smallest absolute Gasteiger partial charge is 0.329 e. The summed E-state index contributed by atoms with van der Waals surface area (Å²) >= 11 is 0. The molecule has 0 saturated carbocycles. The molecule has 5 atom stereocenters. The van der Waals surface area contributed by atoms with E-state index in [-0.39, 0.29) is 31.6 Å². The van der Waals surface area contributed by atoms with Gasteiger partial charge >= 0.3 is 11.9 Å². The minimum Gasteiger partial charge on any atom is -0.465 e. The van der Waals surface area contributed by atoms with Crippen LogP contribution in [-0.2, 0) is 46.9 Å². The predicted octanol–water partition coefficient (Wildman–Crippen LogP) is 2.52.